The summed E-state index contributed by atoms with van der Waals surface area (Å²) in [4.78, 5) is 52.6. The van der Waals surface area contributed by atoms with Crippen molar-refractivity contribution in [2.45, 2.75) is 46.0 Å². The van der Waals surface area contributed by atoms with E-state index in [-0.39, 0.29) is 11.6 Å². The van der Waals surface area contributed by atoms with E-state index in [0.717, 1.165) is 38.8 Å². The molecule has 0 aliphatic carbocycles. The highest BCUT2D eigenvalue weighted by Crippen LogP contribution is 2.31. The van der Waals surface area contributed by atoms with Crippen LogP contribution in [-0.2, 0) is 38.1 Å². The summed E-state index contributed by atoms with van der Waals surface area (Å²) >= 11 is 0. The van der Waals surface area contributed by atoms with Crippen LogP contribution in [0.2, 0.25) is 0 Å². The minimum atomic E-state index is -1.50. The fourth-order valence-corrected chi connectivity index (χ4v) is 4.09. The first kappa shape index (κ1) is 28.8. The maximum Gasteiger partial charge on any atom is 0.303 e. The molecule has 212 valence electrons. The molecule has 0 saturated carbocycles. The molecule has 0 radical (unpaired) electrons. The molecule has 13 heteroatoms. The Bertz CT molecular complexity index is 1560. The molecule has 0 spiro atoms. The highest BCUT2D eigenvalue weighted by Gasteiger charge is 2.42. The maximum absolute atomic E-state index is 12.3. The first-order valence-corrected chi connectivity index (χ1v) is 12.5. The molecule has 3 atom stereocenters. The van der Waals surface area contributed by atoms with Crippen LogP contribution in [0, 0.1) is 0 Å². The number of carbonyl (C=O) groups is 4. The zero-order valence-electron chi connectivity index (χ0n) is 22.7. The van der Waals surface area contributed by atoms with Crippen LogP contribution in [0.5, 0.6) is 0 Å². The standard InChI is InChI=1S/C28H27N5O8/c1-16(34)38-15-22(39-17(2)35)25(40-18(3)36)26(41-19(4)37)27-30-31-28-29-23(20-11-7-5-8-12-20)24(32-33(27)28)21-13-9-6-10-14-21/h5-14,22,25-26H,15H2,1-4H3/t22-,25-,26+/m0/s1. The van der Waals surface area contributed by atoms with Gasteiger partial charge in [0.05, 0.1) is 0 Å². The van der Waals surface area contributed by atoms with Gasteiger partial charge in [-0.25, -0.2) is 4.98 Å². The fraction of sp³-hybridized carbons (Fsp3) is 0.286. The zero-order valence-corrected chi connectivity index (χ0v) is 22.7. The van der Waals surface area contributed by atoms with E-state index in [2.05, 4.69) is 10.2 Å². The molecule has 0 aliphatic rings. The third kappa shape index (κ3) is 7.06. The zero-order chi connectivity index (χ0) is 29.5. The molecule has 2 aromatic carbocycles. The van der Waals surface area contributed by atoms with Crippen LogP contribution in [0.4, 0.5) is 0 Å². The van der Waals surface area contributed by atoms with E-state index in [1.165, 1.54) is 4.52 Å². The molecule has 0 fully saturated rings. The molecule has 0 N–H and O–H groups in total. The molecule has 0 bridgehead atoms. The van der Waals surface area contributed by atoms with Gasteiger partial charge in [-0.2, -0.15) is 9.61 Å². The van der Waals surface area contributed by atoms with Crippen LogP contribution >= 0.6 is 0 Å². The number of rotatable bonds is 10. The van der Waals surface area contributed by atoms with Crippen LogP contribution in [-0.4, -0.2) is 67.5 Å². The van der Waals surface area contributed by atoms with Crippen molar-refractivity contribution in [2.75, 3.05) is 6.61 Å². The Hall–Kier alpha value is -5.20. The molecular weight excluding hydrogens is 534 g/mol. The third-order valence-corrected chi connectivity index (χ3v) is 5.66. The number of fused-ring (bicyclic) bond motifs is 1. The van der Waals surface area contributed by atoms with Crippen LogP contribution in [0.1, 0.15) is 39.6 Å². The third-order valence-electron chi connectivity index (χ3n) is 5.66. The van der Waals surface area contributed by atoms with Gasteiger partial charge >= 0.3 is 23.9 Å². The van der Waals surface area contributed by atoms with E-state index in [9.17, 15) is 19.2 Å². The van der Waals surface area contributed by atoms with E-state index in [1.54, 1.807) is 0 Å². The number of nitrogens with zero attached hydrogens (tertiary/aromatic N) is 5. The van der Waals surface area contributed by atoms with Gasteiger partial charge in [-0.3, -0.25) is 19.2 Å². The van der Waals surface area contributed by atoms with Crippen molar-refractivity contribution in [1.29, 1.82) is 0 Å². The average molecular weight is 562 g/mol. The highest BCUT2D eigenvalue weighted by molar-refractivity contribution is 5.78. The number of hydrogen-bond donors (Lipinski definition) is 0. The second-order valence-electron chi connectivity index (χ2n) is 8.87. The van der Waals surface area contributed by atoms with Crippen molar-refractivity contribution in [3.63, 3.8) is 0 Å². The van der Waals surface area contributed by atoms with Gasteiger partial charge in [-0.15, -0.1) is 10.2 Å². The van der Waals surface area contributed by atoms with Crippen LogP contribution in [0.3, 0.4) is 0 Å². The lowest BCUT2D eigenvalue weighted by Crippen LogP contribution is -2.44. The number of esters is 4. The topological polar surface area (TPSA) is 161 Å². The lowest BCUT2D eigenvalue weighted by atomic mass is 10.0. The highest BCUT2D eigenvalue weighted by atomic mass is 16.6. The van der Waals surface area contributed by atoms with Gasteiger partial charge in [0.1, 0.15) is 18.0 Å². The van der Waals surface area contributed by atoms with Gasteiger partial charge < -0.3 is 18.9 Å². The van der Waals surface area contributed by atoms with Gasteiger partial charge in [-0.1, -0.05) is 60.7 Å². The van der Waals surface area contributed by atoms with Crippen LogP contribution in [0.15, 0.2) is 60.7 Å². The van der Waals surface area contributed by atoms with Crippen molar-refractivity contribution < 1.29 is 38.1 Å². The Morgan fingerprint density at radius 1 is 0.707 bits per heavy atom. The minimum absolute atomic E-state index is 0.0567. The Morgan fingerprint density at radius 3 is 1.80 bits per heavy atom. The van der Waals surface area contributed by atoms with Crippen molar-refractivity contribution in [1.82, 2.24) is 24.8 Å². The van der Waals surface area contributed by atoms with Gasteiger partial charge in [0.25, 0.3) is 5.78 Å². The molecule has 4 rings (SSSR count). The van der Waals surface area contributed by atoms with E-state index in [0.29, 0.717) is 11.4 Å². The van der Waals surface area contributed by atoms with Gasteiger partial charge in [0.2, 0.25) is 11.9 Å². The van der Waals surface area contributed by atoms with Gasteiger partial charge in [0.15, 0.2) is 12.2 Å². The summed E-state index contributed by atoms with van der Waals surface area (Å²) in [5.41, 5.74) is 2.49. The minimum Gasteiger partial charge on any atom is -0.462 e. The summed E-state index contributed by atoms with van der Waals surface area (Å²) in [7, 11) is 0. The molecule has 2 heterocycles. The lowest BCUT2D eigenvalue weighted by molar-refractivity contribution is -0.190. The van der Waals surface area contributed by atoms with Crippen LogP contribution in [0.25, 0.3) is 28.3 Å². The number of benzene rings is 2. The van der Waals surface area contributed by atoms with E-state index < -0.39 is 48.8 Å². The molecule has 4 aromatic rings. The van der Waals surface area contributed by atoms with Crippen molar-refractivity contribution >= 4 is 29.7 Å². The Kier molecular flexibility index (Phi) is 8.97. The molecule has 13 nitrogen and oxygen atoms in total. The van der Waals surface area contributed by atoms with E-state index in [1.807, 2.05) is 60.7 Å². The first-order valence-electron chi connectivity index (χ1n) is 12.5. The van der Waals surface area contributed by atoms with Crippen molar-refractivity contribution in [3.05, 3.63) is 66.5 Å². The van der Waals surface area contributed by atoms with Crippen molar-refractivity contribution in [2.24, 2.45) is 0 Å². The Labute approximate surface area is 234 Å². The fourth-order valence-electron chi connectivity index (χ4n) is 4.09. The average Bonchev–Trinajstić information content (AvgIpc) is 3.35. The normalized spacial score (nSPS) is 13.1. The van der Waals surface area contributed by atoms with E-state index >= 15 is 0 Å². The van der Waals surface area contributed by atoms with Crippen LogP contribution < -0.4 is 0 Å². The maximum atomic E-state index is 12.3. The summed E-state index contributed by atoms with van der Waals surface area (Å²) in [6, 6.07) is 18.6. The molecule has 0 aliphatic heterocycles. The summed E-state index contributed by atoms with van der Waals surface area (Å²) < 4.78 is 22.7. The summed E-state index contributed by atoms with van der Waals surface area (Å²) in [6.45, 7) is 4.05. The van der Waals surface area contributed by atoms with Gasteiger partial charge in [0, 0.05) is 38.8 Å². The summed E-state index contributed by atoms with van der Waals surface area (Å²) in [6.07, 6.45) is -4.36. The van der Waals surface area contributed by atoms with E-state index in [4.69, 9.17) is 29.0 Å². The molecule has 41 heavy (non-hydrogen) atoms. The quantitative estimate of drug-likeness (QED) is 0.206. The van der Waals surface area contributed by atoms with Gasteiger partial charge in [-0.05, 0) is 0 Å². The number of carbonyl (C=O) groups excluding carboxylic acids is 4. The predicted molar refractivity (Wildman–Crippen MR) is 142 cm³/mol. The largest absolute Gasteiger partial charge is 0.462 e. The molecule has 2 aromatic heterocycles. The molecular formula is C28H27N5O8. The molecule has 0 saturated heterocycles. The smallest absolute Gasteiger partial charge is 0.303 e. The summed E-state index contributed by atoms with van der Waals surface area (Å²) in [5, 5.41) is 13.1. The SMILES string of the molecule is CC(=O)OC[C@H](OC(C)=O)[C@H](OC(C)=O)[C@@H](OC(C)=O)c1nnc2nc(-c3ccccc3)c(-c3ccccc3)nn12. The Balaban J connectivity index is 1.92. The number of aromatic nitrogens is 5. The predicted octanol–water partition coefficient (Wildman–Crippen LogP) is 2.88. The first-order chi connectivity index (χ1) is 19.6. The lowest BCUT2D eigenvalue weighted by Gasteiger charge is -2.30. The summed E-state index contributed by atoms with van der Waals surface area (Å²) in [5.74, 6) is -3.01. The second kappa shape index (κ2) is 12.8. The van der Waals surface area contributed by atoms with Crippen molar-refractivity contribution in [3.8, 4) is 22.5 Å². The number of hydrogen-bond acceptors (Lipinski definition) is 12. The molecule has 0 unspecified atom stereocenters. The monoisotopic (exact) mass is 561 g/mol. The Morgan fingerprint density at radius 2 is 1.27 bits per heavy atom. The number of ether oxygens (including phenoxy) is 4. The second-order valence-corrected chi connectivity index (χ2v) is 8.87. The molecule has 0 amide bonds.